The van der Waals surface area contributed by atoms with Crippen LogP contribution in [0.15, 0.2) is 24.3 Å². The maximum atomic E-state index is 11.4. The third kappa shape index (κ3) is 7.21. The number of ether oxygens (including phenoxy) is 1. The highest BCUT2D eigenvalue weighted by Gasteiger charge is 2.04. The molecule has 0 atom stereocenters. The predicted octanol–water partition coefficient (Wildman–Crippen LogP) is -1.01. The zero-order valence-electron chi connectivity index (χ0n) is 9.95. The van der Waals surface area contributed by atoms with Gasteiger partial charge in [-0.15, -0.1) is 0 Å². The molecule has 0 bridgehead atoms. The summed E-state index contributed by atoms with van der Waals surface area (Å²) in [5.74, 6) is -0.204. The van der Waals surface area contributed by atoms with Crippen LogP contribution in [0.1, 0.15) is 5.56 Å². The monoisotopic (exact) mass is 276 g/mol. The van der Waals surface area contributed by atoms with E-state index in [2.05, 4.69) is 0 Å². The van der Waals surface area contributed by atoms with Crippen molar-refractivity contribution in [2.45, 2.75) is 6.42 Å². The topological polar surface area (TPSA) is 29.5 Å². The van der Waals surface area contributed by atoms with E-state index in [1.54, 1.807) is 12.1 Å². The molecule has 0 unspecified atom stereocenters. The van der Waals surface area contributed by atoms with E-state index >= 15 is 0 Å². The third-order valence-corrected chi connectivity index (χ3v) is 2.32. The van der Waals surface area contributed by atoms with Crippen LogP contribution in [-0.4, -0.2) is 38.1 Å². The van der Waals surface area contributed by atoms with Gasteiger partial charge in [0.2, 0.25) is 0 Å². The van der Waals surface area contributed by atoms with Crippen molar-refractivity contribution in [1.29, 1.82) is 0 Å². The van der Waals surface area contributed by atoms with Crippen LogP contribution in [0.25, 0.3) is 0 Å². The van der Waals surface area contributed by atoms with Crippen LogP contribution in [0.5, 0.6) is 0 Å². The Kier molecular flexibility index (Phi) is 7.96. The van der Waals surface area contributed by atoms with E-state index < -0.39 is 0 Å². The molecule has 0 aliphatic rings. The van der Waals surface area contributed by atoms with E-state index in [-0.39, 0.29) is 18.4 Å². The Morgan fingerprint density at radius 1 is 1.29 bits per heavy atom. The number of nitrogens with zero attached hydrogens (tertiary/aromatic N) is 1. The smallest absolute Gasteiger partial charge is 0.310 e. The van der Waals surface area contributed by atoms with Gasteiger partial charge in [-0.05, 0) is 31.8 Å². The number of carbonyl (C=O) groups excluding carboxylic acids is 1. The molecule has 0 aliphatic carbocycles. The first kappa shape index (κ1) is 16.2. The van der Waals surface area contributed by atoms with Gasteiger partial charge in [-0.3, -0.25) is 4.79 Å². The molecular formula is C12H16Cl2NO2-. The Morgan fingerprint density at radius 2 is 1.88 bits per heavy atom. The second kappa shape index (κ2) is 8.34. The average Bonchev–Trinajstić information content (AvgIpc) is 2.21. The van der Waals surface area contributed by atoms with Crippen molar-refractivity contribution >= 4 is 17.6 Å². The maximum absolute atomic E-state index is 11.4. The predicted molar refractivity (Wildman–Crippen MR) is 64.7 cm³/mol. The normalized spacial score (nSPS) is 9.88. The second-order valence-corrected chi connectivity index (χ2v) is 4.26. The number of hydrogen-bond acceptors (Lipinski definition) is 3. The molecule has 5 heteroatoms. The third-order valence-electron chi connectivity index (χ3n) is 2.06. The fraction of sp³-hybridized carbons (Fsp3) is 0.417. The summed E-state index contributed by atoms with van der Waals surface area (Å²) in [5.41, 5.74) is 0.916. The number of rotatable bonds is 5. The minimum absolute atomic E-state index is 0. The quantitative estimate of drug-likeness (QED) is 0.646. The molecule has 0 N–H and O–H groups in total. The molecule has 0 heterocycles. The molecular weight excluding hydrogens is 261 g/mol. The number of esters is 1. The summed E-state index contributed by atoms with van der Waals surface area (Å²) in [6.45, 7) is 1.17. The Bertz CT molecular complexity index is 339. The lowest BCUT2D eigenvalue weighted by Crippen LogP contribution is -3.00. The van der Waals surface area contributed by atoms with Crippen molar-refractivity contribution in [2.24, 2.45) is 0 Å². The molecule has 0 spiro atoms. The van der Waals surface area contributed by atoms with Gasteiger partial charge in [0.25, 0.3) is 0 Å². The van der Waals surface area contributed by atoms with Crippen molar-refractivity contribution < 1.29 is 21.9 Å². The van der Waals surface area contributed by atoms with Gasteiger partial charge in [-0.1, -0.05) is 23.7 Å². The molecule has 0 saturated carbocycles. The van der Waals surface area contributed by atoms with Crippen molar-refractivity contribution in [3.05, 3.63) is 34.9 Å². The fourth-order valence-corrected chi connectivity index (χ4v) is 1.29. The number of benzene rings is 1. The first-order chi connectivity index (χ1) is 7.58. The van der Waals surface area contributed by atoms with Gasteiger partial charge < -0.3 is 22.0 Å². The number of halogens is 2. The van der Waals surface area contributed by atoms with Crippen LogP contribution in [0.3, 0.4) is 0 Å². The Morgan fingerprint density at radius 3 is 2.41 bits per heavy atom. The van der Waals surface area contributed by atoms with Crippen LogP contribution < -0.4 is 12.4 Å². The van der Waals surface area contributed by atoms with Gasteiger partial charge in [-0.2, -0.15) is 0 Å². The van der Waals surface area contributed by atoms with Crippen LogP contribution in [0.4, 0.5) is 0 Å². The van der Waals surface area contributed by atoms with E-state index in [0.29, 0.717) is 18.1 Å². The number of carbonyl (C=O) groups is 1. The second-order valence-electron chi connectivity index (χ2n) is 3.83. The van der Waals surface area contributed by atoms with E-state index in [0.717, 1.165) is 12.1 Å². The summed E-state index contributed by atoms with van der Waals surface area (Å²) in [6.07, 6.45) is 0.296. The lowest BCUT2D eigenvalue weighted by Gasteiger charge is -2.09. The van der Waals surface area contributed by atoms with Crippen molar-refractivity contribution in [1.82, 2.24) is 4.90 Å². The minimum atomic E-state index is -0.204. The SMILES string of the molecule is CN(C)CCOC(=O)Cc1ccc(Cl)cc1.[Cl-]. The van der Waals surface area contributed by atoms with Gasteiger partial charge in [0.15, 0.2) is 0 Å². The first-order valence-corrected chi connectivity index (χ1v) is 5.50. The van der Waals surface area contributed by atoms with Crippen molar-refractivity contribution in [3.63, 3.8) is 0 Å². The molecule has 1 rings (SSSR count). The summed E-state index contributed by atoms with van der Waals surface area (Å²) in [4.78, 5) is 13.4. The summed E-state index contributed by atoms with van der Waals surface area (Å²) in [5, 5.41) is 0.671. The van der Waals surface area contributed by atoms with Gasteiger partial charge in [-0.25, -0.2) is 0 Å². The van der Waals surface area contributed by atoms with E-state index in [1.165, 1.54) is 0 Å². The van der Waals surface area contributed by atoms with E-state index in [9.17, 15) is 4.79 Å². The summed E-state index contributed by atoms with van der Waals surface area (Å²) in [6, 6.07) is 7.19. The molecule has 1 aromatic carbocycles. The van der Waals surface area contributed by atoms with E-state index in [4.69, 9.17) is 16.3 Å². The lowest BCUT2D eigenvalue weighted by molar-refractivity contribution is -0.143. The van der Waals surface area contributed by atoms with Crippen molar-refractivity contribution in [3.8, 4) is 0 Å². The Balaban J connectivity index is 0.00000256. The molecule has 3 nitrogen and oxygen atoms in total. The summed E-state index contributed by atoms with van der Waals surface area (Å²) >= 11 is 5.74. The van der Waals surface area contributed by atoms with Crippen molar-refractivity contribution in [2.75, 3.05) is 27.2 Å². The molecule has 0 aliphatic heterocycles. The Hall–Kier alpha value is -0.770. The lowest BCUT2D eigenvalue weighted by atomic mass is 10.2. The first-order valence-electron chi connectivity index (χ1n) is 5.13. The highest BCUT2D eigenvalue weighted by Crippen LogP contribution is 2.10. The molecule has 96 valence electrons. The highest BCUT2D eigenvalue weighted by molar-refractivity contribution is 6.30. The highest BCUT2D eigenvalue weighted by atomic mass is 35.5. The molecule has 0 radical (unpaired) electrons. The van der Waals surface area contributed by atoms with E-state index in [1.807, 2.05) is 31.1 Å². The Labute approximate surface area is 113 Å². The van der Waals surface area contributed by atoms with Crippen LogP contribution >= 0.6 is 11.6 Å². The molecule has 0 aromatic heterocycles. The largest absolute Gasteiger partial charge is 1.00 e. The van der Waals surface area contributed by atoms with Gasteiger partial charge in [0.05, 0.1) is 6.42 Å². The summed E-state index contributed by atoms with van der Waals surface area (Å²) < 4.78 is 5.07. The zero-order chi connectivity index (χ0) is 12.0. The molecule has 0 saturated heterocycles. The minimum Gasteiger partial charge on any atom is -1.00 e. The van der Waals surface area contributed by atoms with Gasteiger partial charge >= 0.3 is 5.97 Å². The fourth-order valence-electron chi connectivity index (χ4n) is 1.16. The molecule has 0 fully saturated rings. The number of likely N-dealkylation sites (N-methyl/N-ethyl adjacent to an activating group) is 1. The zero-order valence-corrected chi connectivity index (χ0v) is 11.5. The van der Waals surface area contributed by atoms with Gasteiger partial charge in [0, 0.05) is 11.6 Å². The van der Waals surface area contributed by atoms with Crippen LogP contribution in [0.2, 0.25) is 5.02 Å². The van der Waals surface area contributed by atoms with Crippen LogP contribution in [0, 0.1) is 0 Å². The van der Waals surface area contributed by atoms with Gasteiger partial charge in [0.1, 0.15) is 6.61 Å². The molecule has 0 amide bonds. The number of hydrogen-bond donors (Lipinski definition) is 0. The summed E-state index contributed by atoms with van der Waals surface area (Å²) in [7, 11) is 3.88. The molecule has 1 aromatic rings. The standard InChI is InChI=1S/C12H16ClNO2.ClH/c1-14(2)7-8-16-12(15)9-10-3-5-11(13)6-4-10;/h3-6H,7-9H2,1-2H3;1H/p-1. The van der Waals surface area contributed by atoms with Crippen LogP contribution in [-0.2, 0) is 16.0 Å². The maximum Gasteiger partial charge on any atom is 0.310 e. The molecule has 17 heavy (non-hydrogen) atoms. The average molecular weight is 277 g/mol.